The maximum atomic E-state index is 12.7. The van der Waals surface area contributed by atoms with Gasteiger partial charge < -0.3 is 5.32 Å². The molecule has 4 nitrogen and oxygen atoms in total. The number of nitrogens with zero attached hydrogens (tertiary/aromatic N) is 1. The van der Waals surface area contributed by atoms with Crippen molar-refractivity contribution in [2.75, 3.05) is 5.32 Å². The van der Waals surface area contributed by atoms with Gasteiger partial charge >= 0.3 is 0 Å². The number of anilines is 1. The van der Waals surface area contributed by atoms with Gasteiger partial charge in [0.05, 0.1) is 11.4 Å². The van der Waals surface area contributed by atoms with Crippen LogP contribution in [0.2, 0.25) is 5.02 Å². The fraction of sp³-hybridized carbons (Fsp3) is 0.474. The van der Waals surface area contributed by atoms with Gasteiger partial charge in [-0.1, -0.05) is 56.3 Å². The fourth-order valence-electron chi connectivity index (χ4n) is 3.38. The van der Waals surface area contributed by atoms with Gasteiger partial charge in [0.15, 0.2) is 0 Å². The third kappa shape index (κ3) is 3.81. The molecule has 0 saturated heterocycles. The van der Waals surface area contributed by atoms with Gasteiger partial charge in [-0.2, -0.15) is 5.10 Å². The molecule has 2 aromatic rings. The zero-order valence-corrected chi connectivity index (χ0v) is 14.8. The summed E-state index contributed by atoms with van der Waals surface area (Å²) in [4.78, 5) is 12.7. The van der Waals surface area contributed by atoms with Crippen molar-refractivity contribution in [2.24, 2.45) is 5.92 Å². The lowest BCUT2D eigenvalue weighted by Gasteiger charge is -2.21. The SMILES string of the molecule is CCCc1[nH]nc(-c2cccc(Cl)c2)c1NC(=O)C1CCCCC1. The van der Waals surface area contributed by atoms with Crippen molar-refractivity contribution in [3.05, 3.63) is 35.0 Å². The van der Waals surface area contributed by atoms with Crippen LogP contribution < -0.4 is 5.32 Å². The molecule has 1 aliphatic rings. The van der Waals surface area contributed by atoms with Crippen LogP contribution in [0, 0.1) is 5.92 Å². The molecule has 0 radical (unpaired) electrons. The average Bonchev–Trinajstić information content (AvgIpc) is 2.98. The van der Waals surface area contributed by atoms with Crippen molar-refractivity contribution in [3.63, 3.8) is 0 Å². The van der Waals surface area contributed by atoms with E-state index in [9.17, 15) is 4.79 Å². The average molecular weight is 346 g/mol. The lowest BCUT2D eigenvalue weighted by atomic mass is 9.88. The number of carbonyl (C=O) groups excluding carboxylic acids is 1. The summed E-state index contributed by atoms with van der Waals surface area (Å²) in [5.41, 5.74) is 3.48. The number of aromatic nitrogens is 2. The summed E-state index contributed by atoms with van der Waals surface area (Å²) >= 11 is 6.12. The van der Waals surface area contributed by atoms with Gasteiger partial charge in [-0.15, -0.1) is 0 Å². The molecule has 1 fully saturated rings. The molecular weight excluding hydrogens is 322 g/mol. The number of aromatic amines is 1. The van der Waals surface area contributed by atoms with Gasteiger partial charge in [0.25, 0.3) is 0 Å². The topological polar surface area (TPSA) is 57.8 Å². The number of hydrogen-bond acceptors (Lipinski definition) is 2. The van der Waals surface area contributed by atoms with Crippen LogP contribution in [0.15, 0.2) is 24.3 Å². The van der Waals surface area contributed by atoms with Crippen molar-refractivity contribution in [1.82, 2.24) is 10.2 Å². The second kappa shape index (κ2) is 7.84. The van der Waals surface area contributed by atoms with Crippen LogP contribution in [0.25, 0.3) is 11.3 Å². The normalized spacial score (nSPS) is 15.4. The van der Waals surface area contributed by atoms with Crippen LogP contribution in [-0.4, -0.2) is 16.1 Å². The summed E-state index contributed by atoms with van der Waals surface area (Å²) in [6, 6.07) is 7.58. The first-order valence-electron chi connectivity index (χ1n) is 8.83. The van der Waals surface area contributed by atoms with E-state index in [0.29, 0.717) is 5.02 Å². The minimum absolute atomic E-state index is 0.121. The van der Waals surface area contributed by atoms with Gasteiger partial charge in [-0.3, -0.25) is 9.89 Å². The maximum absolute atomic E-state index is 12.7. The Kier molecular flexibility index (Phi) is 5.56. The lowest BCUT2D eigenvalue weighted by Crippen LogP contribution is -2.25. The Bertz CT molecular complexity index is 704. The summed E-state index contributed by atoms with van der Waals surface area (Å²) in [6.45, 7) is 2.12. The van der Waals surface area contributed by atoms with Crippen molar-refractivity contribution >= 4 is 23.2 Å². The molecule has 0 aliphatic heterocycles. The zero-order chi connectivity index (χ0) is 16.9. The minimum Gasteiger partial charge on any atom is -0.322 e. The summed E-state index contributed by atoms with van der Waals surface area (Å²) in [5, 5.41) is 11.4. The first-order valence-corrected chi connectivity index (χ1v) is 9.21. The van der Waals surface area contributed by atoms with Crippen molar-refractivity contribution in [2.45, 2.75) is 51.9 Å². The number of nitrogens with one attached hydrogen (secondary N) is 2. The van der Waals surface area contributed by atoms with Crippen LogP contribution in [0.3, 0.4) is 0 Å². The minimum atomic E-state index is 0.121. The highest BCUT2D eigenvalue weighted by molar-refractivity contribution is 6.30. The van der Waals surface area contributed by atoms with E-state index in [1.807, 2.05) is 24.3 Å². The van der Waals surface area contributed by atoms with E-state index in [4.69, 9.17) is 11.6 Å². The molecule has 0 spiro atoms. The van der Waals surface area contributed by atoms with Gasteiger partial charge in [0.2, 0.25) is 5.91 Å². The van der Waals surface area contributed by atoms with Gasteiger partial charge in [0, 0.05) is 16.5 Å². The third-order valence-electron chi connectivity index (χ3n) is 4.66. The molecular formula is C19H24ClN3O. The van der Waals surface area contributed by atoms with Crippen LogP contribution in [0.1, 0.15) is 51.1 Å². The smallest absolute Gasteiger partial charge is 0.227 e. The Balaban J connectivity index is 1.89. The van der Waals surface area contributed by atoms with E-state index in [-0.39, 0.29) is 11.8 Å². The molecule has 3 rings (SSSR count). The van der Waals surface area contributed by atoms with Crippen LogP contribution in [-0.2, 0) is 11.2 Å². The van der Waals surface area contributed by atoms with Crippen molar-refractivity contribution < 1.29 is 4.79 Å². The summed E-state index contributed by atoms with van der Waals surface area (Å²) < 4.78 is 0. The van der Waals surface area contributed by atoms with Crippen LogP contribution in [0.5, 0.6) is 0 Å². The van der Waals surface area contributed by atoms with Gasteiger partial charge in [0.1, 0.15) is 5.69 Å². The Labute approximate surface area is 148 Å². The van der Waals surface area contributed by atoms with Crippen LogP contribution in [0.4, 0.5) is 5.69 Å². The molecule has 24 heavy (non-hydrogen) atoms. The maximum Gasteiger partial charge on any atom is 0.227 e. The molecule has 1 saturated carbocycles. The van der Waals surface area contributed by atoms with E-state index in [0.717, 1.165) is 61.2 Å². The summed E-state index contributed by atoms with van der Waals surface area (Å²) in [6.07, 6.45) is 7.35. The molecule has 1 heterocycles. The molecule has 2 N–H and O–H groups in total. The quantitative estimate of drug-likeness (QED) is 0.782. The summed E-state index contributed by atoms with van der Waals surface area (Å²) in [7, 11) is 0. The lowest BCUT2D eigenvalue weighted by molar-refractivity contribution is -0.120. The number of rotatable bonds is 5. The van der Waals surface area contributed by atoms with Gasteiger partial charge in [-0.25, -0.2) is 0 Å². The number of hydrogen-bond donors (Lipinski definition) is 2. The Morgan fingerprint density at radius 3 is 2.83 bits per heavy atom. The number of halogens is 1. The van der Waals surface area contributed by atoms with E-state index in [2.05, 4.69) is 22.4 Å². The Hall–Kier alpha value is -1.81. The van der Waals surface area contributed by atoms with E-state index < -0.39 is 0 Å². The molecule has 1 aromatic heterocycles. The van der Waals surface area contributed by atoms with E-state index in [1.165, 1.54) is 6.42 Å². The molecule has 0 atom stereocenters. The standard InChI is InChI=1S/C19H24ClN3O/c1-2-7-16-18(21-19(24)13-8-4-3-5-9-13)17(23-22-16)14-10-6-11-15(20)12-14/h6,10-13H,2-5,7-9H2,1H3,(H,21,24)(H,22,23). The highest BCUT2D eigenvalue weighted by Gasteiger charge is 2.24. The molecule has 1 aliphatic carbocycles. The number of aryl methyl sites for hydroxylation is 1. The second-order valence-corrected chi connectivity index (χ2v) is 6.95. The molecule has 0 unspecified atom stereocenters. The monoisotopic (exact) mass is 345 g/mol. The number of benzene rings is 1. The van der Waals surface area contributed by atoms with Crippen LogP contribution >= 0.6 is 11.6 Å². The highest BCUT2D eigenvalue weighted by atomic mass is 35.5. The number of carbonyl (C=O) groups is 1. The molecule has 0 bridgehead atoms. The molecule has 1 aromatic carbocycles. The fourth-order valence-corrected chi connectivity index (χ4v) is 3.57. The first kappa shape index (κ1) is 17.0. The zero-order valence-electron chi connectivity index (χ0n) is 14.1. The first-order chi connectivity index (χ1) is 11.7. The second-order valence-electron chi connectivity index (χ2n) is 6.51. The highest BCUT2D eigenvalue weighted by Crippen LogP contribution is 2.32. The van der Waals surface area contributed by atoms with E-state index >= 15 is 0 Å². The van der Waals surface area contributed by atoms with E-state index in [1.54, 1.807) is 0 Å². The van der Waals surface area contributed by atoms with Crippen molar-refractivity contribution in [1.29, 1.82) is 0 Å². The van der Waals surface area contributed by atoms with Gasteiger partial charge in [-0.05, 0) is 31.4 Å². The number of amides is 1. The predicted molar refractivity (Wildman–Crippen MR) is 98.2 cm³/mol. The van der Waals surface area contributed by atoms with Crippen molar-refractivity contribution in [3.8, 4) is 11.3 Å². The molecule has 128 valence electrons. The third-order valence-corrected chi connectivity index (χ3v) is 4.90. The Morgan fingerprint density at radius 2 is 2.12 bits per heavy atom. The largest absolute Gasteiger partial charge is 0.322 e. The Morgan fingerprint density at radius 1 is 1.33 bits per heavy atom. The predicted octanol–water partition coefficient (Wildman–Crippen LogP) is 5.20. The molecule has 1 amide bonds. The number of H-pyrrole nitrogens is 1. The summed E-state index contributed by atoms with van der Waals surface area (Å²) in [5.74, 6) is 0.243. The molecule has 5 heteroatoms.